The Kier molecular flexibility index (Phi) is 9.06. The Bertz CT molecular complexity index is 1500. The van der Waals surface area contributed by atoms with Crippen LogP contribution in [0.25, 0.3) is 5.57 Å². The summed E-state index contributed by atoms with van der Waals surface area (Å²) in [4.78, 5) is 21.1. The molecular formula is C31H32Cl4N4O3. The molecule has 2 bridgehead atoms. The standard InChI is InChI=1S/C31H32Cl4N4O3/c1-17-10-24(33)29(25(34)11-17)41-9-3-5-19-16-42-30(38-19)22-12-20-13-36-14-26(37-20)27(22)31(40)39(21-7-8-21)15-18-4-2-6-23(32)28(18)35/h2,4,6,10-11,16,20-21,26,36-37H,3,5,7-9,12-15H2,1H3/t20-,26-/m1/s1. The number of oxazole rings is 1. The SMILES string of the molecule is Cc1cc(Cl)c(OCCCc2coc(C3=C(C(=O)N(Cc4cccc(Cl)c4Cl)C4CC4)[C@H]4CNC[C@@H](C3)N4)n2)c(Cl)c1. The molecule has 2 fully saturated rings. The van der Waals surface area contributed by atoms with Crippen molar-refractivity contribution >= 4 is 57.9 Å². The van der Waals surface area contributed by atoms with Gasteiger partial charge in [-0.15, -0.1) is 0 Å². The average Bonchev–Trinajstić information content (AvgIpc) is 3.69. The first-order chi connectivity index (χ1) is 20.3. The second kappa shape index (κ2) is 12.8. The molecule has 222 valence electrons. The number of aryl methyl sites for hydroxylation is 2. The minimum Gasteiger partial charge on any atom is -0.490 e. The van der Waals surface area contributed by atoms with Gasteiger partial charge < -0.3 is 24.7 Å². The third-order valence-electron chi connectivity index (χ3n) is 7.93. The Labute approximate surface area is 265 Å². The van der Waals surface area contributed by atoms with Crippen molar-refractivity contribution in [2.24, 2.45) is 0 Å². The number of carbonyl (C=O) groups is 1. The van der Waals surface area contributed by atoms with Crippen LogP contribution in [-0.4, -0.2) is 53.6 Å². The van der Waals surface area contributed by atoms with E-state index in [0.717, 1.165) is 41.8 Å². The molecule has 1 saturated heterocycles. The Morgan fingerprint density at radius 3 is 2.67 bits per heavy atom. The Balaban J connectivity index is 1.21. The van der Waals surface area contributed by atoms with Crippen molar-refractivity contribution < 1.29 is 13.9 Å². The highest BCUT2D eigenvalue weighted by atomic mass is 35.5. The number of halogens is 4. The molecule has 3 aromatic rings. The van der Waals surface area contributed by atoms with Crippen LogP contribution in [0.2, 0.25) is 20.1 Å². The number of piperazine rings is 1. The Morgan fingerprint density at radius 1 is 1.12 bits per heavy atom. The molecule has 0 unspecified atom stereocenters. The van der Waals surface area contributed by atoms with Crippen LogP contribution >= 0.6 is 46.4 Å². The summed E-state index contributed by atoms with van der Waals surface area (Å²) in [6.45, 7) is 4.24. The lowest BCUT2D eigenvalue weighted by Crippen LogP contribution is -2.60. The number of amides is 1. The molecule has 0 spiro atoms. The molecule has 6 rings (SSSR count). The van der Waals surface area contributed by atoms with Crippen LogP contribution in [0.4, 0.5) is 0 Å². The van der Waals surface area contributed by atoms with E-state index in [-0.39, 0.29) is 24.0 Å². The Hall–Kier alpha value is -2.26. The summed E-state index contributed by atoms with van der Waals surface area (Å²) in [7, 11) is 0. The van der Waals surface area contributed by atoms with Crippen LogP contribution in [0.5, 0.6) is 5.75 Å². The average molecular weight is 650 g/mol. The highest BCUT2D eigenvalue weighted by Crippen LogP contribution is 2.38. The molecule has 1 amide bonds. The van der Waals surface area contributed by atoms with Crippen molar-refractivity contribution in [3.8, 4) is 5.75 Å². The number of rotatable bonds is 10. The normalized spacial score (nSPS) is 20.1. The number of hydrogen-bond donors (Lipinski definition) is 2. The van der Waals surface area contributed by atoms with E-state index in [9.17, 15) is 4.79 Å². The first-order valence-corrected chi connectivity index (χ1v) is 15.8. The zero-order valence-electron chi connectivity index (χ0n) is 23.2. The second-order valence-corrected chi connectivity index (χ2v) is 12.8. The van der Waals surface area contributed by atoms with E-state index >= 15 is 0 Å². The molecule has 11 heteroatoms. The van der Waals surface area contributed by atoms with Gasteiger partial charge in [-0.25, -0.2) is 4.98 Å². The van der Waals surface area contributed by atoms with Gasteiger partial charge in [0.2, 0.25) is 5.89 Å². The van der Waals surface area contributed by atoms with Crippen LogP contribution in [0.3, 0.4) is 0 Å². The lowest BCUT2D eigenvalue weighted by atomic mass is 9.86. The topological polar surface area (TPSA) is 79.6 Å². The molecule has 2 aliphatic heterocycles. The van der Waals surface area contributed by atoms with Crippen LogP contribution in [0, 0.1) is 6.92 Å². The maximum Gasteiger partial charge on any atom is 0.252 e. The number of ether oxygens (including phenoxy) is 1. The van der Waals surface area contributed by atoms with Gasteiger partial charge in [-0.1, -0.05) is 58.5 Å². The van der Waals surface area contributed by atoms with E-state index in [1.807, 2.05) is 36.1 Å². The molecular weight excluding hydrogens is 618 g/mol. The monoisotopic (exact) mass is 648 g/mol. The number of aromatic nitrogens is 1. The number of carbonyl (C=O) groups excluding carboxylic acids is 1. The number of hydrogen-bond acceptors (Lipinski definition) is 6. The van der Waals surface area contributed by atoms with Crippen molar-refractivity contribution in [3.05, 3.63) is 85.0 Å². The maximum absolute atomic E-state index is 14.3. The van der Waals surface area contributed by atoms with Gasteiger partial charge in [-0.05, 0) is 68.4 Å². The van der Waals surface area contributed by atoms with Gasteiger partial charge in [-0.2, -0.15) is 0 Å². The van der Waals surface area contributed by atoms with Gasteiger partial charge in [0.15, 0.2) is 5.75 Å². The van der Waals surface area contributed by atoms with Gasteiger partial charge in [0.25, 0.3) is 5.91 Å². The van der Waals surface area contributed by atoms with Gasteiger partial charge >= 0.3 is 0 Å². The summed E-state index contributed by atoms with van der Waals surface area (Å²) in [5.41, 5.74) is 4.21. The van der Waals surface area contributed by atoms with Crippen molar-refractivity contribution in [1.82, 2.24) is 20.5 Å². The fourth-order valence-corrected chi connectivity index (χ4v) is 6.83. The predicted octanol–water partition coefficient (Wildman–Crippen LogP) is 6.89. The lowest BCUT2D eigenvalue weighted by molar-refractivity contribution is -0.128. The maximum atomic E-state index is 14.3. The summed E-state index contributed by atoms with van der Waals surface area (Å²) in [6, 6.07) is 9.44. The first kappa shape index (κ1) is 29.8. The van der Waals surface area contributed by atoms with Crippen LogP contribution in [0.1, 0.15) is 48.4 Å². The number of benzene rings is 2. The molecule has 3 aliphatic rings. The van der Waals surface area contributed by atoms with Crippen molar-refractivity contribution in [2.45, 2.75) is 63.7 Å². The summed E-state index contributed by atoms with van der Waals surface area (Å²) >= 11 is 25.4. The van der Waals surface area contributed by atoms with Crippen LogP contribution in [0.15, 0.2) is 46.6 Å². The molecule has 42 heavy (non-hydrogen) atoms. The molecule has 2 atom stereocenters. The highest BCUT2D eigenvalue weighted by Gasteiger charge is 2.42. The van der Waals surface area contributed by atoms with Gasteiger partial charge in [0.05, 0.1) is 38.4 Å². The molecule has 0 radical (unpaired) electrons. The lowest BCUT2D eigenvalue weighted by Gasteiger charge is -2.40. The smallest absolute Gasteiger partial charge is 0.252 e. The molecule has 3 heterocycles. The molecule has 1 aliphatic carbocycles. The third kappa shape index (κ3) is 6.47. The van der Waals surface area contributed by atoms with Crippen molar-refractivity contribution in [2.75, 3.05) is 19.7 Å². The minimum atomic E-state index is -0.135. The summed E-state index contributed by atoms with van der Waals surface area (Å²) in [5.74, 6) is 0.990. The summed E-state index contributed by atoms with van der Waals surface area (Å²) in [5, 5.41) is 9.07. The zero-order valence-corrected chi connectivity index (χ0v) is 26.2. The van der Waals surface area contributed by atoms with Gasteiger partial charge in [-0.3, -0.25) is 4.79 Å². The predicted molar refractivity (Wildman–Crippen MR) is 167 cm³/mol. The number of fused-ring (bicyclic) bond motifs is 2. The van der Waals surface area contributed by atoms with E-state index in [1.165, 1.54) is 0 Å². The van der Waals surface area contributed by atoms with Crippen molar-refractivity contribution in [1.29, 1.82) is 0 Å². The van der Waals surface area contributed by atoms with Crippen LogP contribution < -0.4 is 15.4 Å². The van der Waals surface area contributed by atoms with E-state index in [4.69, 9.17) is 60.5 Å². The van der Waals surface area contributed by atoms with E-state index < -0.39 is 0 Å². The van der Waals surface area contributed by atoms with E-state index in [1.54, 1.807) is 12.3 Å². The van der Waals surface area contributed by atoms with E-state index in [0.29, 0.717) is 76.3 Å². The second-order valence-electron chi connectivity index (χ2n) is 11.2. The zero-order chi connectivity index (χ0) is 29.4. The quantitative estimate of drug-likeness (QED) is 0.233. The van der Waals surface area contributed by atoms with E-state index in [2.05, 4.69) is 10.6 Å². The number of nitrogens with zero attached hydrogens (tertiary/aromatic N) is 2. The largest absolute Gasteiger partial charge is 0.490 e. The van der Waals surface area contributed by atoms with Gasteiger partial charge in [0, 0.05) is 42.9 Å². The fraction of sp³-hybridized carbons (Fsp3) is 0.419. The molecule has 1 saturated carbocycles. The van der Waals surface area contributed by atoms with Crippen molar-refractivity contribution in [3.63, 3.8) is 0 Å². The summed E-state index contributed by atoms with van der Waals surface area (Å²) < 4.78 is 11.9. The van der Waals surface area contributed by atoms with Crippen LogP contribution in [-0.2, 0) is 17.8 Å². The molecule has 2 N–H and O–H groups in total. The Morgan fingerprint density at radius 2 is 1.90 bits per heavy atom. The molecule has 7 nitrogen and oxygen atoms in total. The van der Waals surface area contributed by atoms with Gasteiger partial charge in [0.1, 0.15) is 6.26 Å². The highest BCUT2D eigenvalue weighted by molar-refractivity contribution is 6.42. The molecule has 1 aromatic heterocycles. The first-order valence-electron chi connectivity index (χ1n) is 14.3. The molecule has 2 aromatic carbocycles. The third-order valence-corrected chi connectivity index (χ3v) is 9.35. The number of nitrogens with one attached hydrogen (secondary N) is 2. The summed E-state index contributed by atoms with van der Waals surface area (Å²) in [6.07, 6.45) is 5.61. The minimum absolute atomic E-state index is 0.0109. The fourth-order valence-electron chi connectivity index (χ4n) is 5.74.